The van der Waals surface area contributed by atoms with Crippen LogP contribution in [0.4, 0.5) is 0 Å². The molecule has 0 fully saturated rings. The van der Waals surface area contributed by atoms with E-state index in [0.717, 1.165) is 28.6 Å². The zero-order chi connectivity index (χ0) is 19.0. The highest BCUT2D eigenvalue weighted by atomic mass is 15.2. The van der Waals surface area contributed by atoms with E-state index in [1.54, 1.807) is 0 Å². The number of benzene rings is 1. The summed E-state index contributed by atoms with van der Waals surface area (Å²) in [5.74, 6) is 6.55. The molecule has 0 aliphatic heterocycles. The number of pyridine rings is 1. The molecule has 0 N–H and O–H groups in total. The lowest BCUT2D eigenvalue weighted by atomic mass is 9.96. The van der Waals surface area contributed by atoms with Crippen molar-refractivity contribution in [2.24, 2.45) is 5.41 Å². The standard InChI is InChI=1S/C25H23N2/c1-18-7-9-19-11-12-22(16-21(19)10-8-18)23-17-26-27-15-5-6-20(24(23)27)13-14-25(2,3)4/h5-8,10-12,15-17H,2,9H2,1,3-4H3. The molecule has 2 heterocycles. The molecule has 0 spiro atoms. The van der Waals surface area contributed by atoms with Crippen LogP contribution in [0.1, 0.15) is 37.5 Å². The number of allylic oxidation sites excluding steroid dienone is 3. The Bertz CT molecular complexity index is 1140. The fraction of sp³-hybridized carbons (Fsp3) is 0.200. The molecule has 0 unspecified atom stereocenters. The Kier molecular flexibility index (Phi) is 4.24. The van der Waals surface area contributed by atoms with Crippen molar-refractivity contribution in [2.75, 3.05) is 0 Å². The molecular weight excluding hydrogens is 328 g/mol. The average Bonchev–Trinajstić information content (AvgIpc) is 2.98. The molecule has 0 atom stereocenters. The Hall–Kier alpha value is -3.05. The molecule has 1 radical (unpaired) electrons. The lowest BCUT2D eigenvalue weighted by molar-refractivity contribution is 0.650. The summed E-state index contributed by atoms with van der Waals surface area (Å²) < 4.78 is 1.91. The van der Waals surface area contributed by atoms with E-state index in [2.05, 4.69) is 73.3 Å². The van der Waals surface area contributed by atoms with Crippen LogP contribution >= 0.6 is 0 Å². The van der Waals surface area contributed by atoms with Gasteiger partial charge in [-0.25, -0.2) is 4.52 Å². The normalized spacial score (nSPS) is 13.6. The summed E-state index contributed by atoms with van der Waals surface area (Å²) in [6.45, 7) is 10.3. The van der Waals surface area contributed by atoms with Gasteiger partial charge in [0.25, 0.3) is 0 Å². The van der Waals surface area contributed by atoms with Crippen LogP contribution in [0, 0.1) is 24.2 Å². The van der Waals surface area contributed by atoms with Gasteiger partial charge in [-0.1, -0.05) is 47.8 Å². The van der Waals surface area contributed by atoms with Crippen molar-refractivity contribution in [3.8, 4) is 23.0 Å². The first-order chi connectivity index (χ1) is 12.9. The molecule has 3 aromatic rings. The van der Waals surface area contributed by atoms with Crippen molar-refractivity contribution in [1.82, 2.24) is 9.61 Å². The first kappa shape index (κ1) is 17.4. The molecule has 1 aromatic carbocycles. The van der Waals surface area contributed by atoms with Crippen molar-refractivity contribution >= 4 is 11.6 Å². The van der Waals surface area contributed by atoms with Crippen LogP contribution in [0.15, 0.2) is 60.5 Å². The smallest absolute Gasteiger partial charge is 0.0896 e. The molecule has 2 aromatic heterocycles. The molecule has 2 nitrogen and oxygen atoms in total. The van der Waals surface area contributed by atoms with Crippen molar-refractivity contribution in [3.05, 3.63) is 84.1 Å². The van der Waals surface area contributed by atoms with Crippen molar-refractivity contribution in [2.45, 2.75) is 27.2 Å². The van der Waals surface area contributed by atoms with Gasteiger partial charge in [-0.3, -0.25) is 0 Å². The fourth-order valence-electron chi connectivity index (χ4n) is 3.26. The summed E-state index contributed by atoms with van der Waals surface area (Å²) in [5, 5.41) is 4.55. The third-order valence-electron chi connectivity index (χ3n) is 4.70. The number of hydrogen-bond acceptors (Lipinski definition) is 1. The minimum absolute atomic E-state index is 0.285. The lowest BCUT2D eigenvalue weighted by Gasteiger charge is -2.08. The van der Waals surface area contributed by atoms with Gasteiger partial charge in [0.15, 0.2) is 0 Å². The predicted molar refractivity (Wildman–Crippen MR) is 113 cm³/mol. The number of aromatic nitrogens is 2. The summed E-state index contributed by atoms with van der Waals surface area (Å²) in [6.07, 6.45) is 11.5. The van der Waals surface area contributed by atoms with Gasteiger partial charge < -0.3 is 0 Å². The van der Waals surface area contributed by atoms with Crippen LogP contribution in [0.3, 0.4) is 0 Å². The number of hydrogen-bond donors (Lipinski definition) is 0. The van der Waals surface area contributed by atoms with E-state index in [-0.39, 0.29) is 5.41 Å². The van der Waals surface area contributed by atoms with Crippen molar-refractivity contribution in [1.29, 1.82) is 0 Å². The van der Waals surface area contributed by atoms with Gasteiger partial charge in [0.05, 0.1) is 17.3 Å². The maximum absolute atomic E-state index is 4.55. The van der Waals surface area contributed by atoms with E-state index in [9.17, 15) is 0 Å². The van der Waals surface area contributed by atoms with E-state index >= 15 is 0 Å². The molecule has 0 amide bonds. The zero-order valence-corrected chi connectivity index (χ0v) is 16.1. The first-order valence-electron chi connectivity index (χ1n) is 9.24. The zero-order valence-electron chi connectivity index (χ0n) is 16.1. The largest absolute Gasteiger partial charge is 0.239 e. The maximum Gasteiger partial charge on any atom is 0.0896 e. The summed E-state index contributed by atoms with van der Waals surface area (Å²) in [6, 6.07) is 10.7. The van der Waals surface area contributed by atoms with Crippen LogP contribution in [0.2, 0.25) is 0 Å². The third-order valence-corrected chi connectivity index (χ3v) is 4.70. The SMILES string of the molecule is [CH2]C(C)(C)C#Cc1cccn2ncc(-c3ccc4c(c3)C=CC(C)=CC4)c12. The number of nitrogens with zero attached hydrogens (tertiary/aromatic N) is 2. The van der Waals surface area contributed by atoms with E-state index in [0.29, 0.717) is 0 Å². The van der Waals surface area contributed by atoms with Crippen LogP contribution in [0.25, 0.3) is 22.7 Å². The van der Waals surface area contributed by atoms with Crippen LogP contribution < -0.4 is 0 Å². The highest BCUT2D eigenvalue weighted by molar-refractivity contribution is 5.85. The highest BCUT2D eigenvalue weighted by Crippen LogP contribution is 2.30. The van der Waals surface area contributed by atoms with Gasteiger partial charge in [0.1, 0.15) is 0 Å². The van der Waals surface area contributed by atoms with Crippen LogP contribution in [-0.2, 0) is 6.42 Å². The van der Waals surface area contributed by atoms with Crippen molar-refractivity contribution in [3.63, 3.8) is 0 Å². The molecule has 0 saturated carbocycles. The second-order valence-electron chi connectivity index (χ2n) is 7.81. The highest BCUT2D eigenvalue weighted by Gasteiger charge is 2.13. The molecule has 1 aliphatic rings. The van der Waals surface area contributed by atoms with Crippen molar-refractivity contribution < 1.29 is 0 Å². The molecule has 2 heteroatoms. The van der Waals surface area contributed by atoms with E-state index < -0.39 is 0 Å². The molecular formula is C25H23N2. The predicted octanol–water partition coefficient (Wildman–Crippen LogP) is 5.73. The molecule has 0 saturated heterocycles. The van der Waals surface area contributed by atoms with Gasteiger partial charge in [-0.2, -0.15) is 5.10 Å². The first-order valence-corrected chi connectivity index (χ1v) is 9.24. The van der Waals surface area contributed by atoms with Gasteiger partial charge in [-0.05, 0) is 69.0 Å². The monoisotopic (exact) mass is 351 g/mol. The third kappa shape index (κ3) is 3.59. The Morgan fingerprint density at radius 2 is 2.04 bits per heavy atom. The quantitative estimate of drug-likeness (QED) is 0.512. The van der Waals surface area contributed by atoms with Crippen LogP contribution in [0.5, 0.6) is 0 Å². The summed E-state index contributed by atoms with van der Waals surface area (Å²) >= 11 is 0. The average molecular weight is 351 g/mol. The molecule has 133 valence electrons. The summed E-state index contributed by atoms with van der Waals surface area (Å²) in [5.41, 5.74) is 7.92. The Morgan fingerprint density at radius 1 is 1.19 bits per heavy atom. The fourth-order valence-corrected chi connectivity index (χ4v) is 3.26. The summed E-state index contributed by atoms with van der Waals surface area (Å²) in [7, 11) is 0. The van der Waals surface area contributed by atoms with Crippen LogP contribution in [-0.4, -0.2) is 9.61 Å². The Balaban J connectivity index is 1.86. The number of fused-ring (bicyclic) bond motifs is 2. The minimum atomic E-state index is -0.285. The molecule has 1 aliphatic carbocycles. The van der Waals surface area contributed by atoms with Gasteiger partial charge in [-0.15, -0.1) is 0 Å². The van der Waals surface area contributed by atoms with Gasteiger partial charge in [0, 0.05) is 17.2 Å². The number of rotatable bonds is 1. The summed E-state index contributed by atoms with van der Waals surface area (Å²) in [4.78, 5) is 0. The van der Waals surface area contributed by atoms with Gasteiger partial charge >= 0.3 is 0 Å². The Labute approximate surface area is 161 Å². The van der Waals surface area contributed by atoms with Gasteiger partial charge in [0.2, 0.25) is 0 Å². The molecule has 4 rings (SSSR count). The molecule has 27 heavy (non-hydrogen) atoms. The van der Waals surface area contributed by atoms with E-state index in [1.807, 2.05) is 36.8 Å². The molecule has 0 bridgehead atoms. The maximum atomic E-state index is 4.55. The topological polar surface area (TPSA) is 17.3 Å². The minimum Gasteiger partial charge on any atom is -0.239 e. The van der Waals surface area contributed by atoms with E-state index in [1.165, 1.54) is 16.7 Å². The second kappa shape index (κ2) is 6.59. The Morgan fingerprint density at radius 3 is 2.85 bits per heavy atom. The lowest BCUT2D eigenvalue weighted by Crippen LogP contribution is -2.00. The second-order valence-corrected chi connectivity index (χ2v) is 7.81. The van der Waals surface area contributed by atoms with E-state index in [4.69, 9.17) is 0 Å².